The fourth-order valence-corrected chi connectivity index (χ4v) is 2.06. The first kappa shape index (κ1) is 11.9. The monoisotopic (exact) mass is 247 g/mol. The van der Waals surface area contributed by atoms with Crippen LogP contribution in [0, 0.1) is 13.8 Å². The topological polar surface area (TPSA) is 22.0 Å². The molecule has 0 spiro atoms. The van der Waals surface area contributed by atoms with E-state index >= 15 is 0 Å². The zero-order valence-corrected chi connectivity index (χ0v) is 10.9. The summed E-state index contributed by atoms with van der Waals surface area (Å²) >= 11 is 5.85. The number of aryl methyl sites for hydroxylation is 1. The molecule has 1 aromatic carbocycles. The van der Waals surface area contributed by atoms with Gasteiger partial charge in [-0.2, -0.15) is 0 Å². The lowest BCUT2D eigenvalue weighted by Gasteiger charge is -2.13. The first-order chi connectivity index (χ1) is 8.00. The second-order valence-electron chi connectivity index (χ2n) is 4.18. The summed E-state index contributed by atoms with van der Waals surface area (Å²) in [4.78, 5) is 12.1. The number of benzene rings is 1. The van der Waals surface area contributed by atoms with Crippen molar-refractivity contribution in [2.75, 3.05) is 0 Å². The van der Waals surface area contributed by atoms with Gasteiger partial charge in [-0.05, 0) is 31.5 Å². The molecule has 0 bridgehead atoms. The minimum Gasteiger partial charge on any atom is -0.351 e. The standard InChI is InChI=1S/C14H14ClNO/c1-9-8-13(17)14(10(2)16(9)3)11-4-6-12(15)7-5-11/h4-8H,1-3H3. The number of hydrogen-bond donors (Lipinski definition) is 0. The van der Waals surface area contributed by atoms with Gasteiger partial charge < -0.3 is 4.57 Å². The molecule has 0 radical (unpaired) electrons. The lowest BCUT2D eigenvalue weighted by molar-refractivity contribution is 0.815. The molecular formula is C14H14ClNO. The van der Waals surface area contributed by atoms with E-state index in [1.807, 2.05) is 37.6 Å². The van der Waals surface area contributed by atoms with Gasteiger partial charge in [0, 0.05) is 35.1 Å². The highest BCUT2D eigenvalue weighted by atomic mass is 35.5. The Hall–Kier alpha value is -1.54. The summed E-state index contributed by atoms with van der Waals surface area (Å²) in [6.07, 6.45) is 0. The largest absolute Gasteiger partial charge is 0.351 e. The highest BCUT2D eigenvalue weighted by molar-refractivity contribution is 6.30. The molecule has 0 aliphatic heterocycles. The Morgan fingerprint density at radius 1 is 1.12 bits per heavy atom. The van der Waals surface area contributed by atoms with Crippen molar-refractivity contribution in [2.45, 2.75) is 13.8 Å². The SMILES string of the molecule is Cc1cc(=O)c(-c2ccc(Cl)cc2)c(C)n1C. The number of hydrogen-bond acceptors (Lipinski definition) is 1. The molecule has 1 aromatic heterocycles. The van der Waals surface area contributed by atoms with E-state index in [0.717, 1.165) is 22.5 Å². The molecule has 0 fully saturated rings. The average Bonchev–Trinajstić information content (AvgIpc) is 2.29. The number of halogens is 1. The molecule has 0 saturated heterocycles. The van der Waals surface area contributed by atoms with Gasteiger partial charge in [0.05, 0.1) is 0 Å². The predicted octanol–water partition coefficient (Wildman–Crippen LogP) is 3.32. The quantitative estimate of drug-likeness (QED) is 0.758. The van der Waals surface area contributed by atoms with Gasteiger partial charge in [-0.15, -0.1) is 0 Å². The third-order valence-corrected chi connectivity index (χ3v) is 3.37. The molecule has 2 rings (SSSR count). The molecule has 0 aliphatic rings. The fraction of sp³-hybridized carbons (Fsp3) is 0.214. The van der Waals surface area contributed by atoms with E-state index in [1.54, 1.807) is 18.2 Å². The van der Waals surface area contributed by atoms with Crippen molar-refractivity contribution < 1.29 is 0 Å². The van der Waals surface area contributed by atoms with Crippen LogP contribution in [0.15, 0.2) is 35.1 Å². The van der Waals surface area contributed by atoms with Crippen LogP contribution in [0.25, 0.3) is 11.1 Å². The average molecular weight is 248 g/mol. The summed E-state index contributed by atoms with van der Waals surface area (Å²) in [5.74, 6) is 0. The van der Waals surface area contributed by atoms with Crippen LogP contribution >= 0.6 is 11.6 Å². The molecule has 0 aliphatic carbocycles. The third-order valence-electron chi connectivity index (χ3n) is 3.11. The normalized spacial score (nSPS) is 10.6. The second kappa shape index (κ2) is 4.38. The van der Waals surface area contributed by atoms with Crippen molar-refractivity contribution in [3.63, 3.8) is 0 Å². The highest BCUT2D eigenvalue weighted by Crippen LogP contribution is 2.21. The van der Waals surface area contributed by atoms with Crippen LogP contribution in [0.1, 0.15) is 11.4 Å². The first-order valence-corrected chi connectivity index (χ1v) is 5.81. The van der Waals surface area contributed by atoms with E-state index in [-0.39, 0.29) is 5.43 Å². The maximum absolute atomic E-state index is 12.1. The Balaban J connectivity index is 2.72. The van der Waals surface area contributed by atoms with Gasteiger partial charge in [0.15, 0.2) is 5.43 Å². The Labute approximate surface area is 105 Å². The Kier molecular flexibility index (Phi) is 3.07. The number of aromatic nitrogens is 1. The molecule has 17 heavy (non-hydrogen) atoms. The maximum atomic E-state index is 12.1. The van der Waals surface area contributed by atoms with E-state index in [1.165, 1.54) is 0 Å². The zero-order valence-electron chi connectivity index (χ0n) is 10.1. The lowest BCUT2D eigenvalue weighted by atomic mass is 10.0. The summed E-state index contributed by atoms with van der Waals surface area (Å²) in [5.41, 5.74) is 3.64. The van der Waals surface area contributed by atoms with Crippen molar-refractivity contribution >= 4 is 11.6 Å². The molecule has 0 saturated carbocycles. The zero-order chi connectivity index (χ0) is 12.6. The molecule has 0 N–H and O–H groups in total. The fourth-order valence-electron chi connectivity index (χ4n) is 1.94. The highest BCUT2D eigenvalue weighted by Gasteiger charge is 2.09. The maximum Gasteiger partial charge on any atom is 0.189 e. The minimum absolute atomic E-state index is 0.0559. The van der Waals surface area contributed by atoms with Crippen LogP contribution < -0.4 is 5.43 Å². The van der Waals surface area contributed by atoms with E-state index in [9.17, 15) is 4.79 Å². The van der Waals surface area contributed by atoms with Crippen LogP contribution in [0.5, 0.6) is 0 Å². The Bertz CT molecular complexity index is 611. The lowest BCUT2D eigenvalue weighted by Crippen LogP contribution is -2.14. The van der Waals surface area contributed by atoms with Crippen molar-refractivity contribution in [3.8, 4) is 11.1 Å². The van der Waals surface area contributed by atoms with Crippen LogP contribution in [-0.4, -0.2) is 4.57 Å². The van der Waals surface area contributed by atoms with Crippen molar-refractivity contribution in [2.24, 2.45) is 7.05 Å². The van der Waals surface area contributed by atoms with Crippen molar-refractivity contribution in [3.05, 3.63) is 57.0 Å². The van der Waals surface area contributed by atoms with Gasteiger partial charge in [-0.25, -0.2) is 0 Å². The number of pyridine rings is 1. The minimum atomic E-state index is 0.0559. The predicted molar refractivity (Wildman–Crippen MR) is 71.6 cm³/mol. The summed E-state index contributed by atoms with van der Waals surface area (Å²) in [6.45, 7) is 3.89. The summed E-state index contributed by atoms with van der Waals surface area (Å²) in [5, 5.41) is 0.676. The van der Waals surface area contributed by atoms with Gasteiger partial charge in [-0.1, -0.05) is 23.7 Å². The van der Waals surface area contributed by atoms with E-state index in [0.29, 0.717) is 5.02 Å². The van der Waals surface area contributed by atoms with Crippen molar-refractivity contribution in [1.29, 1.82) is 0 Å². The molecule has 88 valence electrons. The van der Waals surface area contributed by atoms with Crippen LogP contribution in [0.3, 0.4) is 0 Å². The van der Waals surface area contributed by atoms with Gasteiger partial charge in [0.1, 0.15) is 0 Å². The van der Waals surface area contributed by atoms with Crippen LogP contribution in [-0.2, 0) is 7.05 Å². The molecule has 3 heteroatoms. The molecule has 2 aromatic rings. The molecule has 2 nitrogen and oxygen atoms in total. The molecule has 0 amide bonds. The van der Waals surface area contributed by atoms with E-state index in [2.05, 4.69) is 0 Å². The van der Waals surface area contributed by atoms with Gasteiger partial charge in [0.25, 0.3) is 0 Å². The van der Waals surface area contributed by atoms with Crippen LogP contribution in [0.4, 0.5) is 0 Å². The van der Waals surface area contributed by atoms with Gasteiger partial charge >= 0.3 is 0 Å². The van der Waals surface area contributed by atoms with Crippen molar-refractivity contribution in [1.82, 2.24) is 4.57 Å². The summed E-state index contributed by atoms with van der Waals surface area (Å²) < 4.78 is 2.02. The molecule has 1 heterocycles. The van der Waals surface area contributed by atoms with Gasteiger partial charge in [0.2, 0.25) is 0 Å². The van der Waals surface area contributed by atoms with E-state index in [4.69, 9.17) is 11.6 Å². The third kappa shape index (κ3) is 2.13. The molecule has 0 atom stereocenters. The second-order valence-corrected chi connectivity index (χ2v) is 4.61. The number of rotatable bonds is 1. The smallest absolute Gasteiger partial charge is 0.189 e. The summed E-state index contributed by atoms with van der Waals surface area (Å²) in [7, 11) is 1.96. The summed E-state index contributed by atoms with van der Waals surface area (Å²) in [6, 6.07) is 9.02. The van der Waals surface area contributed by atoms with E-state index < -0.39 is 0 Å². The molecular weight excluding hydrogens is 234 g/mol. The Morgan fingerprint density at radius 3 is 2.29 bits per heavy atom. The Morgan fingerprint density at radius 2 is 1.71 bits per heavy atom. The molecule has 0 unspecified atom stereocenters. The van der Waals surface area contributed by atoms with Gasteiger partial charge in [-0.3, -0.25) is 4.79 Å². The number of nitrogens with zero attached hydrogens (tertiary/aromatic N) is 1. The first-order valence-electron chi connectivity index (χ1n) is 5.44. The van der Waals surface area contributed by atoms with Crippen LogP contribution in [0.2, 0.25) is 5.02 Å².